The first-order valence-corrected chi connectivity index (χ1v) is 36.3. The Labute approximate surface area is 603 Å². The van der Waals surface area contributed by atoms with Crippen LogP contribution in [0, 0.1) is 5.92 Å². The summed E-state index contributed by atoms with van der Waals surface area (Å²) < 4.78 is 0. The van der Waals surface area contributed by atoms with E-state index in [-0.39, 0.29) is 62.6 Å². The van der Waals surface area contributed by atoms with E-state index in [4.69, 9.17) is 5.73 Å². The lowest BCUT2D eigenvalue weighted by Gasteiger charge is -2.32. The van der Waals surface area contributed by atoms with Gasteiger partial charge in [0.1, 0.15) is 78.5 Å². The van der Waals surface area contributed by atoms with Crippen molar-refractivity contribution >= 4 is 124 Å². The fraction of sp³-hybridized carbons (Fsp3) is 0.726. The van der Waals surface area contributed by atoms with Crippen LogP contribution < -0.4 is 69.5 Å². The maximum absolute atomic E-state index is 14.2. The molecule has 0 aromatic carbocycles. The maximum atomic E-state index is 14.2. The first-order valence-electron chi connectivity index (χ1n) is 33.5. The van der Waals surface area contributed by atoms with E-state index in [2.05, 4.69) is 63.8 Å². The van der Waals surface area contributed by atoms with Gasteiger partial charge in [-0.3, -0.25) is 81.5 Å². The number of aliphatic carboxylic acids is 3. The van der Waals surface area contributed by atoms with E-state index < -0.39 is 242 Å². The van der Waals surface area contributed by atoms with Crippen molar-refractivity contribution in [3.8, 4) is 0 Å². The first kappa shape index (κ1) is 90.6. The Bertz CT molecular complexity index is 3000. The number of amides is 14. The van der Waals surface area contributed by atoms with Crippen LogP contribution in [0.5, 0.6) is 0 Å². The fourth-order valence-electron chi connectivity index (χ4n) is 10.6. The van der Waals surface area contributed by atoms with Crippen LogP contribution in [0.4, 0.5) is 0 Å². The molecule has 0 saturated carbocycles. The molecule has 2 aliphatic heterocycles. The maximum Gasteiger partial charge on any atom is 0.325 e. The number of hydrogen-bond acceptors (Lipinski definition) is 24. The Hall–Kier alpha value is -8.51. The van der Waals surface area contributed by atoms with Gasteiger partial charge in [0.15, 0.2) is 0 Å². The quantitative estimate of drug-likeness (QED) is 0.0269. The second-order valence-electron chi connectivity index (χ2n) is 25.5. The summed E-state index contributed by atoms with van der Waals surface area (Å²) in [5, 5.41) is 98.7. The second-order valence-corrected chi connectivity index (χ2v) is 27.5. The zero-order valence-electron chi connectivity index (χ0n) is 59.3. The Morgan fingerprint density at radius 2 is 0.806 bits per heavy atom. The summed E-state index contributed by atoms with van der Waals surface area (Å²) in [6, 6.07) is -21.1. The van der Waals surface area contributed by atoms with Gasteiger partial charge in [-0.1, -0.05) is 13.8 Å². The molecule has 0 bridgehead atoms. The number of carbonyl (C=O) groups excluding carboxylic acids is 14. The van der Waals surface area contributed by atoms with Crippen LogP contribution in [-0.2, 0) is 81.5 Å². The molecule has 0 aliphatic carbocycles. The largest absolute Gasteiger partial charge is 0.481 e. The van der Waals surface area contributed by atoms with Gasteiger partial charge in [-0.25, -0.2) is 0 Å². The lowest BCUT2D eigenvalue weighted by Crippen LogP contribution is -2.62. The summed E-state index contributed by atoms with van der Waals surface area (Å²) in [5.74, 6) is -17.6. The Kier molecular flexibility index (Phi) is 39.5. The number of thioether (sulfide) groups is 2. The Morgan fingerprint density at radius 3 is 1.23 bits per heavy atom. The molecule has 2 rings (SSSR count). The Morgan fingerprint density at radius 1 is 0.437 bits per heavy atom. The average molecular weight is 1510 g/mol. The highest BCUT2D eigenvalue weighted by molar-refractivity contribution is 7.98. The van der Waals surface area contributed by atoms with E-state index in [1.807, 2.05) is 13.8 Å². The highest BCUT2D eigenvalue weighted by atomic mass is 32.2. The van der Waals surface area contributed by atoms with Gasteiger partial charge < -0.3 is 115 Å². The Balaban J connectivity index is 2.21. The molecule has 17 atom stereocenters. The van der Waals surface area contributed by atoms with Gasteiger partial charge >= 0.3 is 17.9 Å². The minimum atomic E-state index is -1.89. The van der Waals surface area contributed by atoms with E-state index in [1.54, 1.807) is 12.5 Å². The normalized spacial score (nSPS) is 18.6. The van der Waals surface area contributed by atoms with Crippen molar-refractivity contribution in [3.05, 3.63) is 0 Å². The standard InChI is InChI=1S/C62H103N15O24S2/c1-28(2)25-35(63)51(89)65-29(3)49(87)69-37(16-18-45(85)86)53(91)70-39(20-24-103-10)54(92)72-40(27-78)56(94)75-48(34(8)81)61(99)77-22-12-14-42(77)58(96)71-36(15-17-44(83)84)52(90)66-30(4)50(88)73-46(32(6)79)59(97)64-26-43(82)68-38(19-23-102-9)55(93)74-47(33(7)80)60(98)76-21-11-13-41(76)57(95)67-31(5)62(100)101/h28-42,46-48,78-81H,11-27,63H2,1-10H3,(H,64,97)(H,65,89)(H,66,90)(H,67,95)(H,68,82)(H,69,87)(H,70,91)(H,71,96)(H,72,92)(H,73,88)(H,74,93)(H,75,94)(H,83,84)(H,85,86)(H,100,101)/t29-,30-,31-,32+,33+,34+,35-,36-,37-,38-,39-,40-,41-,42-,46-,47-,48-/m0/s1. The molecular weight excluding hydrogens is 1400 g/mol. The van der Waals surface area contributed by atoms with Crippen LogP contribution in [0.2, 0.25) is 0 Å². The van der Waals surface area contributed by atoms with E-state index in [0.717, 1.165) is 30.6 Å². The van der Waals surface area contributed by atoms with Crippen LogP contribution in [-0.4, -0.2) is 299 Å². The number of carboxylic acid groups (broad SMARTS) is 3. The number of aliphatic hydroxyl groups excluding tert-OH is 4. The van der Waals surface area contributed by atoms with E-state index in [1.165, 1.54) is 44.3 Å². The molecule has 0 unspecified atom stereocenters. The summed E-state index contributed by atoms with van der Waals surface area (Å²) in [7, 11) is 0. The monoisotopic (exact) mass is 1510 g/mol. The molecule has 0 spiro atoms. The molecule has 2 aliphatic rings. The molecule has 582 valence electrons. The molecule has 2 saturated heterocycles. The summed E-state index contributed by atoms with van der Waals surface area (Å²) >= 11 is 2.52. The van der Waals surface area contributed by atoms with Crippen molar-refractivity contribution < 1.29 is 117 Å². The minimum Gasteiger partial charge on any atom is -0.481 e. The van der Waals surface area contributed by atoms with Crippen molar-refractivity contribution in [1.29, 1.82) is 0 Å². The van der Waals surface area contributed by atoms with E-state index in [0.29, 0.717) is 12.8 Å². The lowest BCUT2D eigenvalue weighted by atomic mass is 10.0. The number of aliphatic hydroxyl groups is 4. The molecule has 103 heavy (non-hydrogen) atoms. The molecule has 0 aromatic rings. The zero-order chi connectivity index (χ0) is 78.3. The van der Waals surface area contributed by atoms with Gasteiger partial charge in [-0.2, -0.15) is 23.5 Å². The molecule has 21 N–H and O–H groups in total. The van der Waals surface area contributed by atoms with Crippen molar-refractivity contribution in [2.75, 3.05) is 50.3 Å². The van der Waals surface area contributed by atoms with Crippen molar-refractivity contribution in [2.24, 2.45) is 11.7 Å². The van der Waals surface area contributed by atoms with Gasteiger partial charge in [-0.15, -0.1) is 0 Å². The summed E-state index contributed by atoms with van der Waals surface area (Å²) in [6.07, 6.45) is -3.36. The van der Waals surface area contributed by atoms with E-state index >= 15 is 0 Å². The number of hydrogen-bond donors (Lipinski definition) is 20. The average Bonchev–Trinajstić information content (AvgIpc) is 1.75. The molecule has 0 radical (unpaired) electrons. The highest BCUT2D eigenvalue weighted by Gasteiger charge is 2.44. The lowest BCUT2D eigenvalue weighted by molar-refractivity contribution is -0.146. The van der Waals surface area contributed by atoms with Crippen LogP contribution in [0.15, 0.2) is 0 Å². The van der Waals surface area contributed by atoms with Crippen LogP contribution in [0.3, 0.4) is 0 Å². The van der Waals surface area contributed by atoms with Gasteiger partial charge in [0, 0.05) is 25.9 Å². The minimum absolute atomic E-state index is 0.0360. The number of carbonyl (C=O) groups is 17. The van der Waals surface area contributed by atoms with Gasteiger partial charge in [0.2, 0.25) is 82.7 Å². The van der Waals surface area contributed by atoms with Crippen LogP contribution in [0.1, 0.15) is 126 Å². The topological polar surface area (TPSA) is 609 Å². The van der Waals surface area contributed by atoms with Crippen molar-refractivity contribution in [1.82, 2.24) is 73.6 Å². The molecule has 0 aromatic heterocycles. The van der Waals surface area contributed by atoms with Crippen LogP contribution >= 0.6 is 23.5 Å². The molecule has 41 heteroatoms. The molecule has 39 nitrogen and oxygen atoms in total. The number of nitrogens with two attached hydrogens (primary N) is 1. The fourth-order valence-corrected chi connectivity index (χ4v) is 11.5. The third kappa shape index (κ3) is 30.4. The molecule has 2 heterocycles. The SMILES string of the molecule is CSCC[C@H](NC(=O)CNC(=O)[C@@H](NC(=O)[C@H](C)NC(=O)[C@H](CCC(=O)O)NC(=O)[C@@H]1CCCN1C(=O)[C@@H](NC(=O)[C@H](CO)NC(=O)[C@H](CCSC)NC(=O)[C@H](CCC(=O)O)NC(=O)[C@H](C)NC(=O)[C@@H](N)CC(C)C)[C@@H](C)O)[C@@H](C)O)C(=O)N[C@H](C(=O)N1CCC[C@H]1C(=O)N[C@@H](C)C(=O)O)[C@@H](C)O. The zero-order valence-corrected chi connectivity index (χ0v) is 60.9. The predicted octanol–water partition coefficient (Wildman–Crippen LogP) is -7.69. The van der Waals surface area contributed by atoms with Gasteiger partial charge in [0.25, 0.3) is 0 Å². The van der Waals surface area contributed by atoms with Crippen molar-refractivity contribution in [3.63, 3.8) is 0 Å². The second kappa shape index (κ2) is 44.9. The van der Waals surface area contributed by atoms with E-state index in [9.17, 15) is 117 Å². The van der Waals surface area contributed by atoms with Crippen LogP contribution in [0.25, 0.3) is 0 Å². The molecule has 2 fully saturated rings. The summed E-state index contributed by atoms with van der Waals surface area (Å²) in [5.41, 5.74) is 5.93. The number of likely N-dealkylation sites (tertiary alicyclic amines) is 2. The third-order valence-corrected chi connectivity index (χ3v) is 17.7. The summed E-state index contributed by atoms with van der Waals surface area (Å²) in [4.78, 5) is 227. The summed E-state index contributed by atoms with van der Waals surface area (Å²) in [6.45, 7) is 8.56. The first-order chi connectivity index (χ1) is 48.2. The van der Waals surface area contributed by atoms with Gasteiger partial charge in [0.05, 0.1) is 37.5 Å². The smallest absolute Gasteiger partial charge is 0.325 e. The number of nitrogens with zero attached hydrogens (tertiary/aromatic N) is 2. The molecule has 14 amide bonds. The number of rotatable bonds is 45. The highest BCUT2D eigenvalue weighted by Crippen LogP contribution is 2.22. The predicted molar refractivity (Wildman–Crippen MR) is 368 cm³/mol. The van der Waals surface area contributed by atoms with Gasteiger partial charge in [-0.05, 0) is 129 Å². The van der Waals surface area contributed by atoms with Crippen molar-refractivity contribution in [2.45, 2.75) is 229 Å². The third-order valence-electron chi connectivity index (χ3n) is 16.4. The number of carboxylic acids is 3. The number of nitrogens with one attached hydrogen (secondary N) is 12. The molecular formula is C62H103N15O24S2.